The summed E-state index contributed by atoms with van der Waals surface area (Å²) in [5.41, 5.74) is 4.40. The lowest BCUT2D eigenvalue weighted by atomic mass is 10.1. The Morgan fingerprint density at radius 3 is 2.59 bits per heavy atom. The summed E-state index contributed by atoms with van der Waals surface area (Å²) in [5.74, 6) is 2.74. The fourth-order valence-electron chi connectivity index (χ4n) is 3.98. The SMILES string of the molecule is CCCCSc1nnc2c(n1)O[C@H](c1ccc(OCc3ccccc3)c(OCC)c1)Nc1ccccc1-2. The summed E-state index contributed by atoms with van der Waals surface area (Å²) >= 11 is 1.60. The lowest BCUT2D eigenvalue weighted by Crippen LogP contribution is -2.17. The van der Waals surface area contributed by atoms with Gasteiger partial charge in [-0.2, -0.15) is 4.98 Å². The van der Waals surface area contributed by atoms with Crippen molar-refractivity contribution < 1.29 is 14.2 Å². The molecule has 0 amide bonds. The largest absolute Gasteiger partial charge is 0.490 e. The number of hydrogen-bond acceptors (Lipinski definition) is 8. The third-order valence-corrected chi connectivity index (χ3v) is 6.79. The van der Waals surface area contributed by atoms with Crippen molar-refractivity contribution in [3.05, 3.63) is 83.9 Å². The lowest BCUT2D eigenvalue weighted by molar-refractivity contribution is 0.223. The van der Waals surface area contributed by atoms with E-state index in [1.54, 1.807) is 11.8 Å². The molecular formula is C29H30N4O3S. The van der Waals surface area contributed by atoms with Gasteiger partial charge in [-0.25, -0.2) is 0 Å². The molecule has 8 heteroatoms. The number of unbranched alkanes of at least 4 members (excludes halogenated alkanes) is 1. The monoisotopic (exact) mass is 514 g/mol. The van der Waals surface area contributed by atoms with Gasteiger partial charge in [0.15, 0.2) is 23.4 Å². The molecular weight excluding hydrogens is 484 g/mol. The lowest BCUT2D eigenvalue weighted by Gasteiger charge is -2.21. The summed E-state index contributed by atoms with van der Waals surface area (Å²) < 4.78 is 18.5. The predicted molar refractivity (Wildman–Crippen MR) is 146 cm³/mol. The number of aromatic nitrogens is 3. The van der Waals surface area contributed by atoms with Crippen molar-refractivity contribution in [3.63, 3.8) is 0 Å². The van der Waals surface area contributed by atoms with Crippen molar-refractivity contribution in [2.45, 2.75) is 44.7 Å². The van der Waals surface area contributed by atoms with Crippen LogP contribution < -0.4 is 19.5 Å². The molecule has 0 unspecified atom stereocenters. The summed E-state index contributed by atoms with van der Waals surface area (Å²) in [6.07, 6.45) is 1.71. The van der Waals surface area contributed by atoms with Crippen LogP contribution in [0.25, 0.3) is 11.3 Å². The first-order chi connectivity index (χ1) is 18.2. The maximum atomic E-state index is 6.44. The highest BCUT2D eigenvalue weighted by molar-refractivity contribution is 7.99. The van der Waals surface area contributed by atoms with Crippen LogP contribution in [0.3, 0.4) is 0 Å². The molecule has 0 aliphatic carbocycles. The van der Waals surface area contributed by atoms with Gasteiger partial charge in [0.2, 0.25) is 11.0 Å². The van der Waals surface area contributed by atoms with Gasteiger partial charge in [0.1, 0.15) is 6.61 Å². The van der Waals surface area contributed by atoms with Gasteiger partial charge in [0.05, 0.1) is 6.61 Å². The quantitative estimate of drug-likeness (QED) is 0.181. The highest BCUT2D eigenvalue weighted by Gasteiger charge is 2.27. The Morgan fingerprint density at radius 2 is 1.76 bits per heavy atom. The first kappa shape index (κ1) is 24.9. The molecule has 0 radical (unpaired) electrons. The van der Waals surface area contributed by atoms with Gasteiger partial charge in [-0.1, -0.05) is 73.6 Å². The Kier molecular flexibility index (Phi) is 8.05. The first-order valence-electron chi connectivity index (χ1n) is 12.6. The van der Waals surface area contributed by atoms with Crippen molar-refractivity contribution in [1.29, 1.82) is 0 Å². The molecule has 5 rings (SSSR count). The number of ether oxygens (including phenoxy) is 3. The normalized spacial score (nSPS) is 13.9. The van der Waals surface area contributed by atoms with Crippen LogP contribution in [0.5, 0.6) is 17.4 Å². The van der Waals surface area contributed by atoms with E-state index < -0.39 is 6.23 Å². The van der Waals surface area contributed by atoms with Crippen LogP contribution in [0.1, 0.15) is 44.0 Å². The Hall–Kier alpha value is -3.78. The van der Waals surface area contributed by atoms with E-state index in [1.807, 2.05) is 79.7 Å². The number of rotatable bonds is 10. The fourth-order valence-corrected chi connectivity index (χ4v) is 4.84. The van der Waals surface area contributed by atoms with E-state index in [0.29, 0.717) is 41.4 Å². The number of fused-ring (bicyclic) bond motifs is 3. The fraction of sp³-hybridized carbons (Fsp3) is 0.276. The Balaban J connectivity index is 1.45. The zero-order chi connectivity index (χ0) is 25.5. The molecule has 0 fully saturated rings. The molecule has 37 heavy (non-hydrogen) atoms. The number of nitrogens with zero attached hydrogens (tertiary/aromatic N) is 3. The molecule has 7 nitrogen and oxygen atoms in total. The Morgan fingerprint density at radius 1 is 0.919 bits per heavy atom. The van der Waals surface area contributed by atoms with Gasteiger partial charge in [-0.15, -0.1) is 10.2 Å². The first-order valence-corrected chi connectivity index (χ1v) is 13.6. The number of nitrogens with one attached hydrogen (secondary N) is 1. The van der Waals surface area contributed by atoms with Crippen LogP contribution in [0, 0.1) is 0 Å². The summed E-state index contributed by atoms with van der Waals surface area (Å²) in [6.45, 7) is 5.11. The Labute approximate surface area is 221 Å². The van der Waals surface area contributed by atoms with Gasteiger partial charge < -0.3 is 19.5 Å². The molecule has 0 bridgehead atoms. The van der Waals surface area contributed by atoms with E-state index >= 15 is 0 Å². The summed E-state index contributed by atoms with van der Waals surface area (Å²) in [6, 6.07) is 23.9. The van der Waals surface area contributed by atoms with E-state index in [-0.39, 0.29) is 0 Å². The third-order valence-electron chi connectivity index (χ3n) is 5.87. The van der Waals surface area contributed by atoms with E-state index in [1.165, 1.54) is 0 Å². The summed E-state index contributed by atoms with van der Waals surface area (Å²) in [4.78, 5) is 4.73. The van der Waals surface area contributed by atoms with Gasteiger partial charge in [-0.3, -0.25) is 0 Å². The number of anilines is 1. The molecule has 190 valence electrons. The van der Waals surface area contributed by atoms with Gasteiger partial charge in [0, 0.05) is 22.6 Å². The number of thioether (sulfide) groups is 1. The van der Waals surface area contributed by atoms with Crippen LogP contribution in [-0.4, -0.2) is 27.5 Å². The second-order valence-corrected chi connectivity index (χ2v) is 9.61. The molecule has 0 saturated heterocycles. The molecule has 1 N–H and O–H groups in total. The van der Waals surface area contributed by atoms with E-state index in [0.717, 1.165) is 41.0 Å². The van der Waals surface area contributed by atoms with E-state index in [2.05, 4.69) is 22.4 Å². The standard InChI is InChI=1S/C29H30N4O3S/c1-3-5-17-37-29-31-28-26(32-33-29)22-13-9-10-14-23(22)30-27(36-28)21-15-16-24(25(18-21)34-4-2)35-19-20-11-7-6-8-12-20/h6-16,18,27,30H,3-5,17,19H2,1-2H3/t27-/m1/s1. The van der Waals surface area contributed by atoms with E-state index in [4.69, 9.17) is 19.2 Å². The minimum Gasteiger partial charge on any atom is -0.490 e. The predicted octanol–water partition coefficient (Wildman–Crippen LogP) is 6.91. The minimum absolute atomic E-state index is 0.457. The Bertz CT molecular complexity index is 1340. The highest BCUT2D eigenvalue weighted by atomic mass is 32.2. The van der Waals surface area contributed by atoms with Crippen molar-refractivity contribution in [3.8, 4) is 28.6 Å². The summed E-state index contributed by atoms with van der Waals surface area (Å²) in [5, 5.41) is 13.0. The molecule has 0 saturated carbocycles. The topological polar surface area (TPSA) is 78.4 Å². The molecule has 2 heterocycles. The number of para-hydroxylation sites is 1. The molecule has 1 atom stereocenters. The third kappa shape index (κ3) is 5.97. The van der Waals surface area contributed by atoms with Crippen molar-refractivity contribution in [1.82, 2.24) is 15.2 Å². The second kappa shape index (κ2) is 12.0. The minimum atomic E-state index is -0.505. The van der Waals surface area contributed by atoms with Crippen LogP contribution in [0.2, 0.25) is 0 Å². The summed E-state index contributed by atoms with van der Waals surface area (Å²) in [7, 11) is 0. The maximum absolute atomic E-state index is 6.44. The molecule has 4 aromatic rings. The van der Waals surface area contributed by atoms with Crippen LogP contribution in [-0.2, 0) is 6.61 Å². The van der Waals surface area contributed by atoms with Crippen molar-refractivity contribution >= 4 is 17.4 Å². The van der Waals surface area contributed by atoms with Crippen LogP contribution in [0.4, 0.5) is 5.69 Å². The highest BCUT2D eigenvalue weighted by Crippen LogP contribution is 2.41. The molecule has 1 aliphatic heterocycles. The van der Waals surface area contributed by atoms with Gasteiger partial charge in [0.25, 0.3) is 0 Å². The van der Waals surface area contributed by atoms with Crippen molar-refractivity contribution in [2.24, 2.45) is 0 Å². The van der Waals surface area contributed by atoms with Crippen molar-refractivity contribution in [2.75, 3.05) is 17.7 Å². The van der Waals surface area contributed by atoms with Crippen LogP contribution >= 0.6 is 11.8 Å². The molecule has 1 aromatic heterocycles. The number of hydrogen-bond donors (Lipinski definition) is 1. The van der Waals surface area contributed by atoms with E-state index in [9.17, 15) is 0 Å². The van der Waals surface area contributed by atoms with Crippen LogP contribution in [0.15, 0.2) is 78.0 Å². The van der Waals surface area contributed by atoms with Gasteiger partial charge >= 0.3 is 0 Å². The smallest absolute Gasteiger partial charge is 0.247 e. The zero-order valence-corrected chi connectivity index (χ0v) is 21.8. The second-order valence-electron chi connectivity index (χ2n) is 8.55. The average Bonchev–Trinajstić information content (AvgIpc) is 3.10. The molecule has 1 aliphatic rings. The maximum Gasteiger partial charge on any atom is 0.247 e. The number of benzene rings is 3. The van der Waals surface area contributed by atoms with Gasteiger partial charge in [-0.05, 0) is 43.2 Å². The molecule has 0 spiro atoms. The zero-order valence-electron chi connectivity index (χ0n) is 21.0. The molecule has 3 aromatic carbocycles. The average molecular weight is 515 g/mol.